The van der Waals surface area contributed by atoms with Crippen molar-refractivity contribution < 1.29 is 36.2 Å². The molecule has 1 N–H and O–H groups in total. The highest BCUT2D eigenvalue weighted by atomic mass is 32.2. The molecule has 0 saturated carbocycles. The standard InChI is InChI=1S/C33H33F5N6O3S/c1-19(2)26-14-13-25(46-4)17-27(26)44-20(3)15-16-48-32(44)41-31(45)40-29(35)28(34)21-5-7-22(8-6-21)30-39-18-43(42-30)23-9-11-24(12-10-23)47-33(36,37)38/h5-14,17-20,28-29H,15-16H2,1-4H3,(H,40,45)/b41-32-. The number of hydrogen-bond donors (Lipinski definition) is 1. The predicted molar refractivity (Wildman–Crippen MR) is 174 cm³/mol. The second-order valence-corrected chi connectivity index (χ2v) is 12.3. The molecular formula is C33H33F5N6O3S. The zero-order valence-corrected chi connectivity index (χ0v) is 27.2. The molecule has 0 aliphatic carbocycles. The number of carbonyl (C=O) groups excluding carboxylic acids is 1. The van der Waals surface area contributed by atoms with E-state index in [1.807, 2.05) is 35.3 Å². The Labute approximate surface area is 278 Å². The molecule has 1 aromatic heterocycles. The van der Waals surface area contributed by atoms with Gasteiger partial charge >= 0.3 is 12.4 Å². The zero-order chi connectivity index (χ0) is 34.6. The first-order chi connectivity index (χ1) is 22.8. The number of aromatic nitrogens is 3. The van der Waals surface area contributed by atoms with E-state index in [-0.39, 0.29) is 29.1 Å². The molecule has 3 unspecified atom stereocenters. The largest absolute Gasteiger partial charge is 0.573 e. The van der Waals surface area contributed by atoms with Gasteiger partial charge in [0, 0.05) is 23.4 Å². The molecule has 3 aromatic carbocycles. The highest BCUT2D eigenvalue weighted by Gasteiger charge is 2.32. The van der Waals surface area contributed by atoms with Crippen molar-refractivity contribution in [3.8, 4) is 28.6 Å². The van der Waals surface area contributed by atoms with Crippen LogP contribution in [0, 0.1) is 0 Å². The van der Waals surface area contributed by atoms with E-state index < -0.39 is 24.9 Å². The fraction of sp³-hybridized carbons (Fsp3) is 0.333. The smallest absolute Gasteiger partial charge is 0.497 e. The SMILES string of the molecule is COc1ccc(C(C)C)c(N2/C(=N/C(=O)NC(F)C(F)c3ccc(-c4ncn(-c5ccc(OC(F)(F)F)cc5)n4)cc3)SCCC2C)c1. The topological polar surface area (TPSA) is 93.9 Å². The number of thioether (sulfide) groups is 1. The van der Waals surface area contributed by atoms with Crippen molar-refractivity contribution in [2.24, 2.45) is 4.99 Å². The van der Waals surface area contributed by atoms with Gasteiger partial charge in [-0.2, -0.15) is 4.99 Å². The number of halogens is 5. The third kappa shape index (κ3) is 8.24. The maximum absolute atomic E-state index is 15.2. The minimum atomic E-state index is -4.81. The van der Waals surface area contributed by atoms with Gasteiger partial charge in [-0.15, -0.1) is 18.3 Å². The van der Waals surface area contributed by atoms with Gasteiger partial charge in [0.05, 0.1) is 18.5 Å². The molecule has 0 bridgehead atoms. The second-order valence-electron chi connectivity index (χ2n) is 11.3. The van der Waals surface area contributed by atoms with Gasteiger partial charge in [-0.25, -0.2) is 23.2 Å². The Balaban J connectivity index is 1.25. The van der Waals surface area contributed by atoms with E-state index in [1.54, 1.807) is 7.11 Å². The van der Waals surface area contributed by atoms with Gasteiger partial charge in [0.15, 0.2) is 17.2 Å². The summed E-state index contributed by atoms with van der Waals surface area (Å²) in [4.78, 5) is 23.2. The molecule has 5 rings (SSSR count). The van der Waals surface area contributed by atoms with Crippen LogP contribution in [0.3, 0.4) is 0 Å². The van der Waals surface area contributed by atoms with Gasteiger partial charge in [0.1, 0.15) is 17.8 Å². The van der Waals surface area contributed by atoms with Crippen LogP contribution in [-0.4, -0.2) is 57.5 Å². The molecule has 2 heterocycles. The maximum atomic E-state index is 15.2. The number of carbonyl (C=O) groups is 1. The highest BCUT2D eigenvalue weighted by Crippen LogP contribution is 2.37. The number of amides is 2. The number of hydrogen-bond acceptors (Lipinski definition) is 6. The fourth-order valence-electron chi connectivity index (χ4n) is 5.10. The predicted octanol–water partition coefficient (Wildman–Crippen LogP) is 8.37. The number of anilines is 1. The van der Waals surface area contributed by atoms with Crippen molar-refractivity contribution >= 4 is 28.6 Å². The highest BCUT2D eigenvalue weighted by molar-refractivity contribution is 8.14. The second kappa shape index (κ2) is 14.6. The molecule has 1 fully saturated rings. The third-order valence-corrected chi connectivity index (χ3v) is 8.55. The van der Waals surface area contributed by atoms with Gasteiger partial charge in [-0.1, -0.05) is 55.9 Å². The van der Waals surface area contributed by atoms with E-state index in [1.165, 1.54) is 59.2 Å². The summed E-state index contributed by atoms with van der Waals surface area (Å²) in [5.74, 6) is 1.39. The number of nitrogens with one attached hydrogen (secondary N) is 1. The summed E-state index contributed by atoms with van der Waals surface area (Å²) in [5.41, 5.74) is 2.75. The summed E-state index contributed by atoms with van der Waals surface area (Å²) in [6.07, 6.45) is -7.18. The van der Waals surface area contributed by atoms with Crippen LogP contribution in [0.15, 0.2) is 78.0 Å². The van der Waals surface area contributed by atoms with Crippen LogP contribution >= 0.6 is 11.8 Å². The van der Waals surface area contributed by atoms with Gasteiger partial charge in [-0.3, -0.25) is 0 Å². The van der Waals surface area contributed by atoms with E-state index in [9.17, 15) is 18.0 Å². The van der Waals surface area contributed by atoms with Crippen LogP contribution in [0.25, 0.3) is 17.1 Å². The minimum absolute atomic E-state index is 0.00433. The van der Waals surface area contributed by atoms with Crippen LogP contribution in [0.5, 0.6) is 11.5 Å². The van der Waals surface area contributed by atoms with Crippen LogP contribution in [0.4, 0.5) is 32.4 Å². The fourth-order valence-corrected chi connectivity index (χ4v) is 6.30. The third-order valence-electron chi connectivity index (χ3n) is 7.56. The van der Waals surface area contributed by atoms with Crippen molar-refractivity contribution in [3.05, 3.63) is 84.2 Å². The monoisotopic (exact) mass is 688 g/mol. The number of ether oxygens (including phenoxy) is 2. The molecular weight excluding hydrogens is 655 g/mol. The Morgan fingerprint density at radius 2 is 1.73 bits per heavy atom. The Hall–Kier alpha value is -4.66. The molecule has 254 valence electrons. The minimum Gasteiger partial charge on any atom is -0.497 e. The van der Waals surface area contributed by atoms with Crippen LogP contribution in [0.1, 0.15) is 50.4 Å². The normalized spacial score (nSPS) is 17.3. The molecule has 1 aliphatic rings. The lowest BCUT2D eigenvalue weighted by Gasteiger charge is -2.37. The summed E-state index contributed by atoms with van der Waals surface area (Å²) in [6, 6.07) is 15.5. The lowest BCUT2D eigenvalue weighted by Crippen LogP contribution is -2.43. The van der Waals surface area contributed by atoms with E-state index in [0.717, 1.165) is 29.8 Å². The lowest BCUT2D eigenvalue weighted by molar-refractivity contribution is -0.274. The van der Waals surface area contributed by atoms with Crippen molar-refractivity contribution in [1.82, 2.24) is 20.1 Å². The number of amidine groups is 1. The summed E-state index contributed by atoms with van der Waals surface area (Å²) in [5, 5.41) is 6.71. The van der Waals surface area contributed by atoms with Gasteiger partial charge in [-0.05, 0) is 60.7 Å². The molecule has 15 heteroatoms. The summed E-state index contributed by atoms with van der Waals surface area (Å²) in [7, 11) is 1.57. The van der Waals surface area contributed by atoms with E-state index >= 15 is 8.78 Å². The van der Waals surface area contributed by atoms with E-state index in [2.05, 4.69) is 33.7 Å². The van der Waals surface area contributed by atoms with Gasteiger partial charge in [0.25, 0.3) is 0 Å². The first-order valence-corrected chi connectivity index (χ1v) is 16.0. The van der Waals surface area contributed by atoms with Crippen molar-refractivity contribution in [1.29, 1.82) is 0 Å². The number of methoxy groups -OCH3 is 1. The molecule has 9 nitrogen and oxygen atoms in total. The number of aliphatic imine (C=N–C) groups is 1. The van der Waals surface area contributed by atoms with Gasteiger partial charge in [0.2, 0.25) is 6.30 Å². The first-order valence-electron chi connectivity index (χ1n) is 15.0. The summed E-state index contributed by atoms with van der Waals surface area (Å²) >= 11 is 1.36. The number of urea groups is 1. The summed E-state index contributed by atoms with van der Waals surface area (Å²) in [6.45, 7) is 6.14. The van der Waals surface area contributed by atoms with Crippen LogP contribution < -0.4 is 19.7 Å². The Kier molecular flexibility index (Phi) is 10.6. The molecule has 1 saturated heterocycles. The molecule has 2 amide bonds. The van der Waals surface area contributed by atoms with Crippen molar-refractivity contribution in [2.75, 3.05) is 17.8 Å². The van der Waals surface area contributed by atoms with Crippen LogP contribution in [-0.2, 0) is 0 Å². The van der Waals surface area contributed by atoms with Crippen molar-refractivity contribution in [3.63, 3.8) is 0 Å². The molecule has 4 aromatic rings. The molecule has 0 radical (unpaired) electrons. The van der Waals surface area contributed by atoms with Crippen LogP contribution in [0.2, 0.25) is 0 Å². The lowest BCUT2D eigenvalue weighted by atomic mass is 9.99. The molecule has 0 spiro atoms. The Morgan fingerprint density at radius 3 is 2.38 bits per heavy atom. The zero-order valence-electron chi connectivity index (χ0n) is 26.4. The van der Waals surface area contributed by atoms with Crippen molar-refractivity contribution in [2.45, 2.75) is 58.0 Å². The number of benzene rings is 3. The number of rotatable bonds is 9. The molecule has 48 heavy (non-hydrogen) atoms. The number of alkyl halides is 5. The molecule has 1 aliphatic heterocycles. The molecule has 3 atom stereocenters. The number of nitrogens with zero attached hydrogens (tertiary/aromatic N) is 5. The average molecular weight is 689 g/mol. The maximum Gasteiger partial charge on any atom is 0.573 e. The van der Waals surface area contributed by atoms with E-state index in [4.69, 9.17) is 4.74 Å². The quantitative estimate of drug-likeness (QED) is 0.140. The van der Waals surface area contributed by atoms with E-state index in [0.29, 0.717) is 27.9 Å². The summed E-state index contributed by atoms with van der Waals surface area (Å²) < 4.78 is 78.2. The Bertz CT molecular complexity index is 1750. The Morgan fingerprint density at radius 1 is 1.04 bits per heavy atom. The first kappa shape index (κ1) is 34.7. The van der Waals surface area contributed by atoms with Gasteiger partial charge < -0.3 is 19.7 Å². The average Bonchev–Trinajstić information content (AvgIpc) is 3.54.